The topological polar surface area (TPSA) is 51.2 Å². The number of hydrogen-bond acceptors (Lipinski definition) is 3. The first-order valence-corrected chi connectivity index (χ1v) is 9.27. The summed E-state index contributed by atoms with van der Waals surface area (Å²) < 4.78 is 42.1. The largest absolute Gasteiger partial charge is 0.468 e. The number of rotatable bonds is 9. The predicted molar refractivity (Wildman–Crippen MR) is 99.3 cm³/mol. The van der Waals surface area contributed by atoms with Crippen LogP contribution in [0, 0.1) is 0 Å². The highest BCUT2D eigenvalue weighted by Crippen LogP contribution is 2.17. The molecule has 1 amide bonds. The number of halogens is 4. The van der Waals surface area contributed by atoms with Crippen molar-refractivity contribution in [3.8, 4) is 5.88 Å². The maximum atomic E-state index is 12.2. The minimum absolute atomic E-state index is 0.0969. The number of hydrogen-bond donors (Lipinski definition) is 1. The SMILES string of the molecule is O=C(CCCCc1ccc(Br)cc1)NCc1ccnc(OCC(F)(F)F)c1. The van der Waals surface area contributed by atoms with Gasteiger partial charge in [0, 0.05) is 29.7 Å². The van der Waals surface area contributed by atoms with E-state index >= 15 is 0 Å². The van der Waals surface area contributed by atoms with E-state index in [0.717, 1.165) is 23.7 Å². The summed E-state index contributed by atoms with van der Waals surface area (Å²) in [4.78, 5) is 15.6. The van der Waals surface area contributed by atoms with E-state index in [2.05, 4.69) is 31.0 Å². The molecule has 0 saturated carbocycles. The minimum Gasteiger partial charge on any atom is -0.468 e. The second-order valence-corrected chi connectivity index (χ2v) is 6.93. The van der Waals surface area contributed by atoms with Gasteiger partial charge < -0.3 is 10.1 Å². The Morgan fingerprint density at radius 3 is 2.56 bits per heavy atom. The molecule has 1 aromatic heterocycles. The van der Waals surface area contributed by atoms with E-state index in [1.807, 2.05) is 24.3 Å². The maximum absolute atomic E-state index is 12.2. The molecule has 0 spiro atoms. The number of pyridine rings is 1. The molecule has 0 aliphatic heterocycles. The van der Waals surface area contributed by atoms with Crippen molar-refractivity contribution in [3.05, 3.63) is 58.2 Å². The highest BCUT2D eigenvalue weighted by Gasteiger charge is 2.28. The first kappa shape index (κ1) is 21.2. The number of nitrogens with one attached hydrogen (secondary N) is 1. The number of benzene rings is 1. The van der Waals surface area contributed by atoms with Gasteiger partial charge >= 0.3 is 6.18 Å². The fraction of sp³-hybridized carbons (Fsp3) is 0.368. The van der Waals surface area contributed by atoms with Crippen molar-refractivity contribution >= 4 is 21.8 Å². The van der Waals surface area contributed by atoms with Crippen LogP contribution in [0.15, 0.2) is 47.1 Å². The van der Waals surface area contributed by atoms with Crippen molar-refractivity contribution in [3.63, 3.8) is 0 Å². The van der Waals surface area contributed by atoms with Gasteiger partial charge in [-0.1, -0.05) is 28.1 Å². The average Bonchev–Trinajstić information content (AvgIpc) is 2.63. The minimum atomic E-state index is -4.41. The smallest absolute Gasteiger partial charge is 0.422 e. The lowest BCUT2D eigenvalue weighted by molar-refractivity contribution is -0.154. The Hall–Kier alpha value is -2.09. The second kappa shape index (κ2) is 10.3. The Bertz CT molecular complexity index is 736. The molecule has 0 atom stereocenters. The van der Waals surface area contributed by atoms with E-state index in [4.69, 9.17) is 0 Å². The van der Waals surface area contributed by atoms with Crippen LogP contribution in [0.25, 0.3) is 0 Å². The Balaban J connectivity index is 1.67. The third-order valence-corrected chi connectivity index (χ3v) is 4.23. The van der Waals surface area contributed by atoms with Gasteiger partial charge in [0.05, 0.1) is 0 Å². The summed E-state index contributed by atoms with van der Waals surface area (Å²) in [5.74, 6) is -0.214. The highest BCUT2D eigenvalue weighted by atomic mass is 79.9. The van der Waals surface area contributed by atoms with E-state index < -0.39 is 12.8 Å². The number of aromatic nitrogens is 1. The summed E-state index contributed by atoms with van der Waals surface area (Å²) >= 11 is 3.39. The molecule has 1 heterocycles. The monoisotopic (exact) mass is 444 g/mol. The third-order valence-electron chi connectivity index (χ3n) is 3.71. The Morgan fingerprint density at radius 2 is 1.85 bits per heavy atom. The van der Waals surface area contributed by atoms with Gasteiger partial charge in [0.15, 0.2) is 6.61 Å². The van der Waals surface area contributed by atoms with E-state index in [9.17, 15) is 18.0 Å². The molecule has 0 radical (unpaired) electrons. The number of unbranched alkanes of at least 4 members (excludes halogenated alkanes) is 1. The molecular weight excluding hydrogens is 425 g/mol. The molecule has 146 valence electrons. The van der Waals surface area contributed by atoms with Crippen LogP contribution < -0.4 is 10.1 Å². The molecule has 0 saturated heterocycles. The second-order valence-electron chi connectivity index (χ2n) is 6.02. The summed E-state index contributed by atoms with van der Waals surface area (Å²) in [5.41, 5.74) is 1.85. The highest BCUT2D eigenvalue weighted by molar-refractivity contribution is 9.10. The van der Waals surface area contributed by atoms with Gasteiger partial charge in [0.1, 0.15) is 0 Å². The van der Waals surface area contributed by atoms with Crippen molar-refractivity contribution in [2.75, 3.05) is 6.61 Å². The third kappa shape index (κ3) is 8.90. The molecular formula is C19H20BrF3N2O2. The van der Waals surface area contributed by atoms with E-state index in [0.29, 0.717) is 12.0 Å². The standard InChI is InChI=1S/C19H20BrF3N2O2/c20-16-7-5-14(6-8-16)3-1-2-4-17(26)25-12-15-9-10-24-18(11-15)27-13-19(21,22)23/h5-11H,1-4,12-13H2,(H,25,26). The summed E-state index contributed by atoms with van der Waals surface area (Å²) in [6.07, 6.45) is -0.0880. The molecule has 1 N–H and O–H groups in total. The molecule has 2 aromatic rings. The normalized spacial score (nSPS) is 11.3. The molecule has 0 unspecified atom stereocenters. The van der Waals surface area contributed by atoms with Crippen molar-refractivity contribution in [1.29, 1.82) is 0 Å². The van der Waals surface area contributed by atoms with Crippen LogP contribution >= 0.6 is 15.9 Å². The summed E-state index contributed by atoms with van der Waals surface area (Å²) in [6, 6.07) is 11.1. The molecule has 8 heteroatoms. The zero-order valence-corrected chi connectivity index (χ0v) is 16.1. The van der Waals surface area contributed by atoms with E-state index in [1.165, 1.54) is 17.8 Å². The first-order valence-electron chi connectivity index (χ1n) is 8.47. The van der Waals surface area contributed by atoms with Crippen molar-refractivity contribution in [2.24, 2.45) is 0 Å². The van der Waals surface area contributed by atoms with Gasteiger partial charge in [-0.15, -0.1) is 0 Å². The van der Waals surface area contributed by atoms with Gasteiger partial charge in [-0.3, -0.25) is 4.79 Å². The first-order chi connectivity index (χ1) is 12.8. The van der Waals surface area contributed by atoms with Crippen LogP contribution in [-0.2, 0) is 17.8 Å². The fourth-order valence-corrected chi connectivity index (χ4v) is 2.61. The lowest BCUT2D eigenvalue weighted by atomic mass is 10.1. The lowest BCUT2D eigenvalue weighted by Gasteiger charge is -2.10. The van der Waals surface area contributed by atoms with Crippen molar-refractivity contribution < 1.29 is 22.7 Å². The number of carbonyl (C=O) groups excluding carboxylic acids is 1. The number of amides is 1. The van der Waals surface area contributed by atoms with Gasteiger partial charge in [-0.2, -0.15) is 13.2 Å². The molecule has 0 bridgehead atoms. The quantitative estimate of drug-likeness (QED) is 0.564. The summed E-state index contributed by atoms with van der Waals surface area (Å²) in [6.45, 7) is -1.18. The molecule has 27 heavy (non-hydrogen) atoms. The maximum Gasteiger partial charge on any atom is 0.422 e. The number of nitrogens with zero attached hydrogens (tertiary/aromatic N) is 1. The van der Waals surface area contributed by atoms with Crippen molar-refractivity contribution in [2.45, 2.75) is 38.4 Å². The molecule has 4 nitrogen and oxygen atoms in total. The van der Waals surface area contributed by atoms with E-state index in [-0.39, 0.29) is 18.3 Å². The number of alkyl halides is 3. The zero-order valence-electron chi connectivity index (χ0n) is 14.6. The Morgan fingerprint density at radius 1 is 1.11 bits per heavy atom. The molecule has 0 fully saturated rings. The number of ether oxygens (including phenoxy) is 1. The van der Waals surface area contributed by atoms with Crippen LogP contribution in [0.1, 0.15) is 30.4 Å². The van der Waals surface area contributed by atoms with Crippen LogP contribution in [-0.4, -0.2) is 23.7 Å². The number of aryl methyl sites for hydroxylation is 1. The van der Waals surface area contributed by atoms with E-state index in [1.54, 1.807) is 6.07 Å². The van der Waals surface area contributed by atoms with Crippen LogP contribution in [0.3, 0.4) is 0 Å². The van der Waals surface area contributed by atoms with Gasteiger partial charge in [0.25, 0.3) is 0 Å². The summed E-state index contributed by atoms with van der Waals surface area (Å²) in [5, 5.41) is 2.75. The lowest BCUT2D eigenvalue weighted by Crippen LogP contribution is -2.22. The average molecular weight is 445 g/mol. The Labute approximate surface area is 164 Å². The van der Waals surface area contributed by atoms with Gasteiger partial charge in [0.2, 0.25) is 11.8 Å². The molecule has 0 aliphatic carbocycles. The summed E-state index contributed by atoms with van der Waals surface area (Å²) in [7, 11) is 0. The molecule has 0 aliphatic rings. The van der Waals surface area contributed by atoms with Crippen LogP contribution in [0.5, 0.6) is 5.88 Å². The molecule has 2 rings (SSSR count). The van der Waals surface area contributed by atoms with Crippen LogP contribution in [0.2, 0.25) is 0 Å². The zero-order chi connectivity index (χ0) is 19.7. The Kier molecular flexibility index (Phi) is 8.09. The number of carbonyl (C=O) groups is 1. The van der Waals surface area contributed by atoms with Gasteiger partial charge in [-0.05, 0) is 48.6 Å². The van der Waals surface area contributed by atoms with Crippen molar-refractivity contribution in [1.82, 2.24) is 10.3 Å². The predicted octanol–water partition coefficient (Wildman–Crippen LogP) is 4.81. The van der Waals surface area contributed by atoms with Crippen LogP contribution in [0.4, 0.5) is 13.2 Å². The molecule has 1 aromatic carbocycles. The van der Waals surface area contributed by atoms with Gasteiger partial charge in [-0.25, -0.2) is 4.98 Å². The fourth-order valence-electron chi connectivity index (χ4n) is 2.35.